The van der Waals surface area contributed by atoms with Gasteiger partial charge in [0.25, 0.3) is 0 Å². The minimum Gasteiger partial charge on any atom is -0.459 e. The van der Waals surface area contributed by atoms with Crippen molar-refractivity contribution >= 4 is 28.3 Å². The summed E-state index contributed by atoms with van der Waals surface area (Å²) in [7, 11) is 0. The SMILES string of the molecule is Clc1ccc(NCc2cc3ccccc3o2)cc1. The maximum atomic E-state index is 5.84. The number of hydrogen-bond donors (Lipinski definition) is 1. The Kier molecular flexibility index (Phi) is 2.95. The van der Waals surface area contributed by atoms with Crippen LogP contribution < -0.4 is 5.32 Å². The van der Waals surface area contributed by atoms with E-state index in [1.165, 1.54) is 0 Å². The summed E-state index contributed by atoms with van der Waals surface area (Å²) in [5, 5.41) is 5.17. The van der Waals surface area contributed by atoms with E-state index in [1.807, 2.05) is 48.5 Å². The number of benzene rings is 2. The van der Waals surface area contributed by atoms with E-state index in [2.05, 4.69) is 11.4 Å². The van der Waals surface area contributed by atoms with Crippen LogP contribution in [0.3, 0.4) is 0 Å². The van der Waals surface area contributed by atoms with Crippen molar-refractivity contribution in [2.75, 3.05) is 5.32 Å². The number of halogens is 1. The van der Waals surface area contributed by atoms with Crippen molar-refractivity contribution in [3.05, 3.63) is 65.4 Å². The van der Waals surface area contributed by atoms with Crippen LogP contribution in [-0.2, 0) is 6.54 Å². The molecule has 90 valence electrons. The number of para-hydroxylation sites is 1. The molecule has 0 aliphatic heterocycles. The Balaban J connectivity index is 1.74. The van der Waals surface area contributed by atoms with E-state index in [-0.39, 0.29) is 0 Å². The number of nitrogens with one attached hydrogen (secondary N) is 1. The van der Waals surface area contributed by atoms with Gasteiger partial charge in [0.15, 0.2) is 0 Å². The molecule has 0 saturated carbocycles. The lowest BCUT2D eigenvalue weighted by Crippen LogP contribution is -1.97. The summed E-state index contributed by atoms with van der Waals surface area (Å²) in [5.41, 5.74) is 1.95. The van der Waals surface area contributed by atoms with Crippen LogP contribution in [0.1, 0.15) is 5.76 Å². The largest absolute Gasteiger partial charge is 0.459 e. The zero-order valence-electron chi connectivity index (χ0n) is 9.69. The molecule has 3 heteroatoms. The standard InChI is InChI=1S/C15H12ClNO/c16-12-5-7-13(8-6-12)17-10-14-9-11-3-1-2-4-15(11)18-14/h1-9,17H,10H2. The zero-order valence-corrected chi connectivity index (χ0v) is 10.4. The van der Waals surface area contributed by atoms with Crippen molar-refractivity contribution < 1.29 is 4.42 Å². The molecule has 3 rings (SSSR count). The average molecular weight is 258 g/mol. The van der Waals surface area contributed by atoms with E-state index in [4.69, 9.17) is 16.0 Å². The maximum Gasteiger partial charge on any atom is 0.134 e. The molecule has 2 aromatic carbocycles. The summed E-state index contributed by atoms with van der Waals surface area (Å²) in [6, 6.07) is 17.7. The minimum atomic E-state index is 0.663. The van der Waals surface area contributed by atoms with E-state index in [0.29, 0.717) is 6.54 Å². The predicted octanol–water partition coefficient (Wildman–Crippen LogP) is 4.70. The van der Waals surface area contributed by atoms with Crippen LogP contribution in [0.5, 0.6) is 0 Å². The van der Waals surface area contributed by atoms with Gasteiger partial charge >= 0.3 is 0 Å². The van der Waals surface area contributed by atoms with Crippen molar-refractivity contribution in [2.24, 2.45) is 0 Å². The van der Waals surface area contributed by atoms with Crippen molar-refractivity contribution in [3.63, 3.8) is 0 Å². The predicted molar refractivity (Wildman–Crippen MR) is 75.0 cm³/mol. The van der Waals surface area contributed by atoms with Crippen LogP contribution in [0, 0.1) is 0 Å². The van der Waals surface area contributed by atoms with E-state index >= 15 is 0 Å². The Morgan fingerprint density at radius 3 is 2.56 bits per heavy atom. The molecule has 3 aromatic rings. The highest BCUT2D eigenvalue weighted by Crippen LogP contribution is 2.20. The molecule has 1 aromatic heterocycles. The molecule has 0 aliphatic rings. The second-order valence-corrected chi connectivity index (χ2v) is 4.55. The van der Waals surface area contributed by atoms with Crippen molar-refractivity contribution in [2.45, 2.75) is 6.54 Å². The third-order valence-corrected chi connectivity index (χ3v) is 3.04. The summed E-state index contributed by atoms with van der Waals surface area (Å²) in [6.45, 7) is 0.663. The van der Waals surface area contributed by atoms with Crippen LogP contribution in [0.25, 0.3) is 11.0 Å². The molecule has 0 aliphatic carbocycles. The minimum absolute atomic E-state index is 0.663. The monoisotopic (exact) mass is 257 g/mol. The third kappa shape index (κ3) is 2.34. The van der Waals surface area contributed by atoms with Gasteiger partial charge in [-0.15, -0.1) is 0 Å². The lowest BCUT2D eigenvalue weighted by atomic mass is 10.2. The van der Waals surface area contributed by atoms with Gasteiger partial charge in [-0.25, -0.2) is 0 Å². The van der Waals surface area contributed by atoms with Gasteiger partial charge in [0, 0.05) is 16.1 Å². The topological polar surface area (TPSA) is 25.2 Å². The number of furan rings is 1. The second-order valence-electron chi connectivity index (χ2n) is 4.11. The Bertz CT molecular complexity index is 625. The fourth-order valence-corrected chi connectivity index (χ4v) is 2.01. The van der Waals surface area contributed by atoms with Crippen molar-refractivity contribution in [1.29, 1.82) is 0 Å². The summed E-state index contributed by atoms with van der Waals surface area (Å²) in [6.07, 6.45) is 0. The molecule has 0 radical (unpaired) electrons. The quantitative estimate of drug-likeness (QED) is 0.736. The number of rotatable bonds is 3. The van der Waals surface area contributed by atoms with Gasteiger partial charge in [-0.2, -0.15) is 0 Å². The van der Waals surface area contributed by atoms with E-state index in [0.717, 1.165) is 27.4 Å². The Morgan fingerprint density at radius 1 is 1.00 bits per heavy atom. The van der Waals surface area contributed by atoms with Crippen LogP contribution in [0.4, 0.5) is 5.69 Å². The van der Waals surface area contributed by atoms with Crippen molar-refractivity contribution in [1.82, 2.24) is 0 Å². The van der Waals surface area contributed by atoms with E-state index in [1.54, 1.807) is 0 Å². The molecule has 0 unspecified atom stereocenters. The molecule has 0 amide bonds. The highest BCUT2D eigenvalue weighted by atomic mass is 35.5. The highest BCUT2D eigenvalue weighted by molar-refractivity contribution is 6.30. The molecule has 0 saturated heterocycles. The number of anilines is 1. The summed E-state index contributed by atoms with van der Waals surface area (Å²) < 4.78 is 5.72. The lowest BCUT2D eigenvalue weighted by molar-refractivity contribution is 0.559. The molecule has 0 spiro atoms. The maximum absolute atomic E-state index is 5.84. The summed E-state index contributed by atoms with van der Waals surface area (Å²) in [5.74, 6) is 0.922. The number of hydrogen-bond acceptors (Lipinski definition) is 2. The third-order valence-electron chi connectivity index (χ3n) is 2.79. The van der Waals surface area contributed by atoms with E-state index < -0.39 is 0 Å². The van der Waals surface area contributed by atoms with Gasteiger partial charge in [0.2, 0.25) is 0 Å². The first-order valence-electron chi connectivity index (χ1n) is 5.78. The van der Waals surface area contributed by atoms with Gasteiger partial charge in [0.05, 0.1) is 6.54 Å². The molecule has 1 N–H and O–H groups in total. The molecule has 0 atom stereocenters. The number of fused-ring (bicyclic) bond motifs is 1. The van der Waals surface area contributed by atoms with Gasteiger partial charge < -0.3 is 9.73 Å². The molecule has 0 bridgehead atoms. The van der Waals surface area contributed by atoms with Gasteiger partial charge in [-0.1, -0.05) is 29.8 Å². The Hall–Kier alpha value is -1.93. The zero-order chi connectivity index (χ0) is 12.4. The summed E-state index contributed by atoms with van der Waals surface area (Å²) in [4.78, 5) is 0. The van der Waals surface area contributed by atoms with Gasteiger partial charge in [-0.05, 0) is 36.4 Å². The molecule has 0 fully saturated rings. The van der Waals surface area contributed by atoms with Crippen LogP contribution in [-0.4, -0.2) is 0 Å². The van der Waals surface area contributed by atoms with Crippen LogP contribution in [0.15, 0.2) is 59.0 Å². The Labute approximate surface area is 110 Å². The second kappa shape index (κ2) is 4.75. The van der Waals surface area contributed by atoms with Crippen molar-refractivity contribution in [3.8, 4) is 0 Å². The molecule has 2 nitrogen and oxygen atoms in total. The molecular formula is C15H12ClNO. The molecular weight excluding hydrogens is 246 g/mol. The highest BCUT2D eigenvalue weighted by Gasteiger charge is 2.02. The van der Waals surface area contributed by atoms with Crippen LogP contribution in [0.2, 0.25) is 5.02 Å². The first-order valence-corrected chi connectivity index (χ1v) is 6.16. The van der Waals surface area contributed by atoms with Gasteiger partial charge in [-0.3, -0.25) is 0 Å². The Morgan fingerprint density at radius 2 is 1.78 bits per heavy atom. The fraction of sp³-hybridized carbons (Fsp3) is 0.0667. The molecule has 1 heterocycles. The fourth-order valence-electron chi connectivity index (χ4n) is 1.88. The summed E-state index contributed by atoms with van der Waals surface area (Å²) >= 11 is 5.84. The normalized spacial score (nSPS) is 10.7. The van der Waals surface area contributed by atoms with Crippen LogP contribution >= 0.6 is 11.6 Å². The molecule has 18 heavy (non-hydrogen) atoms. The van der Waals surface area contributed by atoms with E-state index in [9.17, 15) is 0 Å². The first kappa shape index (κ1) is 11.2. The average Bonchev–Trinajstić information content (AvgIpc) is 2.81. The lowest BCUT2D eigenvalue weighted by Gasteiger charge is -2.03. The van der Waals surface area contributed by atoms with Gasteiger partial charge in [0.1, 0.15) is 11.3 Å². The first-order chi connectivity index (χ1) is 8.81. The smallest absolute Gasteiger partial charge is 0.134 e.